The molecule has 0 atom stereocenters. The number of anilines is 1. The second kappa shape index (κ2) is 9.73. The topological polar surface area (TPSA) is 81.3 Å². The summed E-state index contributed by atoms with van der Waals surface area (Å²) in [5.41, 5.74) is 1.60. The summed E-state index contributed by atoms with van der Waals surface area (Å²) >= 11 is 0. The first-order chi connectivity index (χ1) is 14.1. The summed E-state index contributed by atoms with van der Waals surface area (Å²) in [6.45, 7) is 4.10. The van der Waals surface area contributed by atoms with Crippen LogP contribution in [0.25, 0.3) is 10.9 Å². The molecule has 0 saturated carbocycles. The summed E-state index contributed by atoms with van der Waals surface area (Å²) in [5, 5.41) is 3.50. The van der Waals surface area contributed by atoms with Crippen LogP contribution in [0.2, 0.25) is 0 Å². The molecule has 1 heterocycles. The minimum absolute atomic E-state index is 0.161. The molecule has 0 unspecified atom stereocenters. The van der Waals surface area contributed by atoms with Crippen molar-refractivity contribution in [2.75, 3.05) is 31.6 Å². The third-order valence-corrected chi connectivity index (χ3v) is 4.81. The minimum Gasteiger partial charge on any atom is -0.375 e. The lowest BCUT2D eigenvalue weighted by Gasteiger charge is -2.22. The number of urea groups is 1. The zero-order valence-corrected chi connectivity index (χ0v) is 16.9. The van der Waals surface area contributed by atoms with Gasteiger partial charge in [-0.05, 0) is 37.6 Å². The molecule has 152 valence electrons. The van der Waals surface area contributed by atoms with Crippen LogP contribution < -0.4 is 15.8 Å². The Bertz CT molecular complexity index is 1000. The fraction of sp³-hybridized carbons (Fsp3) is 0.318. The first kappa shape index (κ1) is 20.4. The molecule has 2 N–H and O–H groups in total. The Kier molecular flexibility index (Phi) is 6.84. The molecule has 7 heteroatoms. The molecule has 1 aromatic heterocycles. The normalized spacial score (nSPS) is 10.7. The molecule has 3 aromatic rings. The number of carbonyl (C=O) groups is 1. The number of fused-ring (bicyclic) bond motifs is 1. The Hall–Kier alpha value is -3.35. The molecule has 0 saturated heterocycles. The Labute approximate surface area is 170 Å². The molecule has 0 spiro atoms. The monoisotopic (exact) mass is 393 g/mol. The van der Waals surface area contributed by atoms with E-state index in [1.54, 1.807) is 23.1 Å². The van der Waals surface area contributed by atoms with Crippen molar-refractivity contribution in [1.82, 2.24) is 20.2 Å². The molecular weight excluding hydrogens is 366 g/mol. The molecule has 0 radical (unpaired) electrons. The summed E-state index contributed by atoms with van der Waals surface area (Å²) in [6.07, 6.45) is 0.833. The van der Waals surface area contributed by atoms with Crippen molar-refractivity contribution in [1.29, 1.82) is 0 Å². The predicted octanol–water partition coefficient (Wildman–Crippen LogP) is 2.98. The van der Waals surface area contributed by atoms with Crippen LogP contribution in [0, 0.1) is 0 Å². The van der Waals surface area contributed by atoms with Gasteiger partial charge in [0.05, 0.1) is 17.4 Å². The first-order valence-corrected chi connectivity index (χ1v) is 9.85. The van der Waals surface area contributed by atoms with E-state index in [1.165, 1.54) is 0 Å². The number of hydrogen-bond acceptors (Lipinski definition) is 4. The largest absolute Gasteiger partial charge is 0.375 e. The quantitative estimate of drug-likeness (QED) is 0.577. The van der Waals surface area contributed by atoms with Crippen LogP contribution in [0.3, 0.4) is 0 Å². The number of nitrogens with zero attached hydrogens (tertiary/aromatic N) is 3. The van der Waals surface area contributed by atoms with Gasteiger partial charge in [0.2, 0.25) is 0 Å². The predicted molar refractivity (Wildman–Crippen MR) is 116 cm³/mol. The fourth-order valence-corrected chi connectivity index (χ4v) is 3.15. The van der Waals surface area contributed by atoms with E-state index in [1.807, 2.05) is 38.2 Å². The van der Waals surface area contributed by atoms with Crippen LogP contribution in [0.4, 0.5) is 10.5 Å². The van der Waals surface area contributed by atoms with E-state index in [0.29, 0.717) is 29.8 Å². The zero-order valence-electron chi connectivity index (χ0n) is 16.9. The molecule has 2 amide bonds. The molecule has 29 heavy (non-hydrogen) atoms. The molecule has 0 bridgehead atoms. The standard InChI is InChI=1S/C22H27N5O2/c1-3-27(16-20-24-19-13-8-7-12-18(19)21(28)25-20)22(29)23-14-9-15-26(2)17-10-5-4-6-11-17/h4-8,10-13H,3,9,14-16H2,1-2H3,(H,23,29)(H,24,25,28). The van der Waals surface area contributed by atoms with Gasteiger partial charge in [-0.1, -0.05) is 30.3 Å². The number of aromatic nitrogens is 2. The average Bonchev–Trinajstić information content (AvgIpc) is 2.75. The zero-order chi connectivity index (χ0) is 20.6. The van der Waals surface area contributed by atoms with Crippen molar-refractivity contribution in [2.24, 2.45) is 0 Å². The van der Waals surface area contributed by atoms with Gasteiger partial charge in [-0.25, -0.2) is 9.78 Å². The van der Waals surface area contributed by atoms with Crippen molar-refractivity contribution in [2.45, 2.75) is 19.9 Å². The molecule has 0 aliphatic heterocycles. The van der Waals surface area contributed by atoms with Crippen LogP contribution in [0.1, 0.15) is 19.2 Å². The summed E-state index contributed by atoms with van der Waals surface area (Å²) in [5.74, 6) is 0.481. The number of para-hydroxylation sites is 2. The van der Waals surface area contributed by atoms with Gasteiger partial charge >= 0.3 is 6.03 Å². The third kappa shape index (κ3) is 5.34. The summed E-state index contributed by atoms with van der Waals surface area (Å²) in [4.78, 5) is 35.8. The number of hydrogen-bond donors (Lipinski definition) is 2. The van der Waals surface area contributed by atoms with Gasteiger partial charge in [0.25, 0.3) is 5.56 Å². The summed E-state index contributed by atoms with van der Waals surface area (Å²) in [6, 6.07) is 17.2. The van der Waals surface area contributed by atoms with E-state index in [9.17, 15) is 9.59 Å². The van der Waals surface area contributed by atoms with Crippen LogP contribution in [0.5, 0.6) is 0 Å². The van der Waals surface area contributed by atoms with Crippen molar-refractivity contribution < 1.29 is 4.79 Å². The maximum absolute atomic E-state index is 12.5. The first-order valence-electron chi connectivity index (χ1n) is 9.85. The van der Waals surface area contributed by atoms with Gasteiger partial charge in [-0.3, -0.25) is 4.79 Å². The van der Waals surface area contributed by atoms with Gasteiger partial charge < -0.3 is 20.1 Å². The number of H-pyrrole nitrogens is 1. The van der Waals surface area contributed by atoms with E-state index in [0.717, 1.165) is 18.7 Å². The van der Waals surface area contributed by atoms with Gasteiger partial charge in [-0.15, -0.1) is 0 Å². The van der Waals surface area contributed by atoms with Gasteiger partial charge in [0, 0.05) is 32.4 Å². The lowest BCUT2D eigenvalue weighted by atomic mass is 10.2. The van der Waals surface area contributed by atoms with Crippen LogP contribution in [-0.2, 0) is 6.54 Å². The maximum Gasteiger partial charge on any atom is 0.317 e. The number of carbonyl (C=O) groups excluding carboxylic acids is 1. The average molecular weight is 393 g/mol. The molecule has 3 rings (SSSR count). The molecular formula is C22H27N5O2. The lowest BCUT2D eigenvalue weighted by Crippen LogP contribution is -2.41. The van der Waals surface area contributed by atoms with Gasteiger partial charge in [0.1, 0.15) is 5.82 Å². The Morgan fingerprint density at radius 1 is 1.10 bits per heavy atom. The van der Waals surface area contributed by atoms with E-state index in [-0.39, 0.29) is 18.1 Å². The fourth-order valence-electron chi connectivity index (χ4n) is 3.15. The molecule has 0 aliphatic carbocycles. The Morgan fingerprint density at radius 2 is 1.83 bits per heavy atom. The summed E-state index contributed by atoms with van der Waals surface area (Å²) < 4.78 is 0. The SMILES string of the molecule is CCN(Cc1nc2ccccc2c(=O)[nH]1)C(=O)NCCCN(C)c1ccccc1. The second-order valence-corrected chi connectivity index (χ2v) is 6.89. The van der Waals surface area contributed by atoms with Crippen molar-refractivity contribution in [3.05, 3.63) is 70.8 Å². The minimum atomic E-state index is -0.189. The summed E-state index contributed by atoms with van der Waals surface area (Å²) in [7, 11) is 2.04. The molecule has 0 aliphatic rings. The molecule has 0 fully saturated rings. The van der Waals surface area contributed by atoms with Crippen molar-refractivity contribution in [3.63, 3.8) is 0 Å². The maximum atomic E-state index is 12.5. The highest BCUT2D eigenvalue weighted by atomic mass is 16.2. The number of benzene rings is 2. The van der Waals surface area contributed by atoms with Gasteiger partial charge in [-0.2, -0.15) is 0 Å². The molecule has 7 nitrogen and oxygen atoms in total. The van der Waals surface area contributed by atoms with E-state index in [2.05, 4.69) is 32.3 Å². The van der Waals surface area contributed by atoms with Crippen LogP contribution >= 0.6 is 0 Å². The van der Waals surface area contributed by atoms with Crippen molar-refractivity contribution in [3.8, 4) is 0 Å². The van der Waals surface area contributed by atoms with Crippen LogP contribution in [-0.4, -0.2) is 47.6 Å². The number of nitrogens with one attached hydrogen (secondary N) is 2. The Morgan fingerprint density at radius 3 is 2.59 bits per heavy atom. The van der Waals surface area contributed by atoms with E-state index >= 15 is 0 Å². The lowest BCUT2D eigenvalue weighted by molar-refractivity contribution is 0.196. The van der Waals surface area contributed by atoms with E-state index < -0.39 is 0 Å². The number of amides is 2. The van der Waals surface area contributed by atoms with Gasteiger partial charge in [0.15, 0.2) is 0 Å². The highest BCUT2D eigenvalue weighted by Gasteiger charge is 2.14. The Balaban J connectivity index is 1.52. The van der Waals surface area contributed by atoms with Crippen LogP contribution in [0.15, 0.2) is 59.4 Å². The number of rotatable bonds is 8. The number of aromatic amines is 1. The highest BCUT2D eigenvalue weighted by molar-refractivity contribution is 5.77. The highest BCUT2D eigenvalue weighted by Crippen LogP contribution is 2.11. The van der Waals surface area contributed by atoms with E-state index in [4.69, 9.17) is 0 Å². The van der Waals surface area contributed by atoms with Crippen molar-refractivity contribution >= 4 is 22.6 Å². The second-order valence-electron chi connectivity index (χ2n) is 6.89. The smallest absolute Gasteiger partial charge is 0.317 e. The third-order valence-electron chi connectivity index (χ3n) is 4.81. The molecule has 2 aromatic carbocycles.